The Balaban J connectivity index is 1.61. The number of anilines is 1. The van der Waals surface area contributed by atoms with Gasteiger partial charge in [-0.1, -0.05) is 65.7 Å². The van der Waals surface area contributed by atoms with Crippen molar-refractivity contribution in [3.05, 3.63) is 76.3 Å². The molecule has 26 heavy (non-hydrogen) atoms. The third-order valence-corrected chi connectivity index (χ3v) is 6.22. The minimum Gasteiger partial charge on any atom is -0.308 e. The van der Waals surface area contributed by atoms with Crippen molar-refractivity contribution in [3.8, 4) is 0 Å². The third-order valence-electron chi connectivity index (χ3n) is 4.41. The maximum atomic E-state index is 13.0. The fourth-order valence-corrected chi connectivity index (χ4v) is 5.03. The van der Waals surface area contributed by atoms with Gasteiger partial charge in [-0.05, 0) is 23.6 Å². The second kappa shape index (κ2) is 7.39. The van der Waals surface area contributed by atoms with Crippen molar-refractivity contribution in [2.45, 2.75) is 5.37 Å². The maximum Gasteiger partial charge on any atom is 0.323 e. The van der Waals surface area contributed by atoms with Gasteiger partial charge in [-0.25, -0.2) is 4.79 Å². The number of hydrogen-bond donors (Lipinski definition) is 1. The van der Waals surface area contributed by atoms with Crippen LogP contribution in [0.25, 0.3) is 10.8 Å². The van der Waals surface area contributed by atoms with Crippen LogP contribution in [0.2, 0.25) is 10.0 Å². The number of rotatable bonds is 2. The number of urea groups is 1. The highest BCUT2D eigenvalue weighted by Gasteiger charge is 2.32. The van der Waals surface area contributed by atoms with Gasteiger partial charge in [0.2, 0.25) is 0 Å². The minimum atomic E-state index is -0.123. The highest BCUT2D eigenvalue weighted by Crippen LogP contribution is 2.42. The molecule has 0 aromatic heterocycles. The molecule has 2 amide bonds. The van der Waals surface area contributed by atoms with E-state index < -0.39 is 0 Å². The van der Waals surface area contributed by atoms with E-state index in [9.17, 15) is 4.79 Å². The molecule has 1 saturated heterocycles. The smallest absolute Gasteiger partial charge is 0.308 e. The first kappa shape index (κ1) is 17.5. The summed E-state index contributed by atoms with van der Waals surface area (Å²) < 4.78 is 0. The Morgan fingerprint density at radius 3 is 2.73 bits per heavy atom. The number of nitrogens with zero attached hydrogens (tertiary/aromatic N) is 1. The van der Waals surface area contributed by atoms with E-state index >= 15 is 0 Å². The summed E-state index contributed by atoms with van der Waals surface area (Å²) in [5, 5.41) is 6.24. The molecule has 6 heteroatoms. The van der Waals surface area contributed by atoms with Crippen LogP contribution >= 0.6 is 35.0 Å². The lowest BCUT2D eigenvalue weighted by Gasteiger charge is -2.25. The number of carbonyl (C=O) groups is 1. The molecule has 3 aromatic carbocycles. The highest BCUT2D eigenvalue weighted by atomic mass is 35.5. The lowest BCUT2D eigenvalue weighted by molar-refractivity contribution is 0.214. The zero-order valence-corrected chi connectivity index (χ0v) is 16.1. The molecule has 1 aliphatic rings. The van der Waals surface area contributed by atoms with Crippen LogP contribution in [0.5, 0.6) is 0 Å². The molecule has 0 saturated carbocycles. The molecule has 1 unspecified atom stereocenters. The molecular weight excluding hydrogens is 387 g/mol. The van der Waals surface area contributed by atoms with Crippen LogP contribution in [0, 0.1) is 0 Å². The quantitative estimate of drug-likeness (QED) is 0.535. The van der Waals surface area contributed by atoms with Gasteiger partial charge in [-0.2, -0.15) is 0 Å². The number of hydrogen-bond acceptors (Lipinski definition) is 2. The van der Waals surface area contributed by atoms with E-state index in [4.69, 9.17) is 23.2 Å². The average Bonchev–Trinajstić information content (AvgIpc) is 3.11. The van der Waals surface area contributed by atoms with Gasteiger partial charge in [-0.15, -0.1) is 11.8 Å². The molecule has 0 aliphatic carbocycles. The lowest BCUT2D eigenvalue weighted by atomic mass is 10.1. The van der Waals surface area contributed by atoms with E-state index in [-0.39, 0.29) is 11.4 Å². The first-order valence-corrected chi connectivity index (χ1v) is 10.1. The second-order valence-electron chi connectivity index (χ2n) is 6.04. The summed E-state index contributed by atoms with van der Waals surface area (Å²) >= 11 is 14.1. The van der Waals surface area contributed by atoms with Gasteiger partial charge in [0.15, 0.2) is 0 Å². The highest BCUT2D eigenvalue weighted by molar-refractivity contribution is 7.99. The lowest BCUT2D eigenvalue weighted by Crippen LogP contribution is -2.34. The Kier molecular flexibility index (Phi) is 4.98. The van der Waals surface area contributed by atoms with E-state index in [0.29, 0.717) is 16.6 Å². The van der Waals surface area contributed by atoms with E-state index in [2.05, 4.69) is 5.32 Å². The molecule has 1 aliphatic heterocycles. The number of amides is 2. The predicted octanol–water partition coefficient (Wildman–Crippen LogP) is 6.43. The summed E-state index contributed by atoms with van der Waals surface area (Å²) in [5.41, 5.74) is 1.72. The van der Waals surface area contributed by atoms with Gasteiger partial charge in [-0.3, -0.25) is 0 Å². The Morgan fingerprint density at radius 2 is 1.88 bits per heavy atom. The Hall–Kier alpha value is -1.88. The zero-order chi connectivity index (χ0) is 18.1. The summed E-state index contributed by atoms with van der Waals surface area (Å²) in [4.78, 5) is 14.8. The summed E-state index contributed by atoms with van der Waals surface area (Å²) in [6.45, 7) is 0.672. The SMILES string of the molecule is O=C(Nc1cccc2ccccc12)N1CCSC1c1ccc(Cl)cc1Cl. The van der Waals surface area contributed by atoms with Gasteiger partial charge in [0.1, 0.15) is 5.37 Å². The standard InChI is InChI=1S/C20H16Cl2N2OS/c21-14-8-9-16(17(22)12-14)19-24(10-11-26-19)20(25)23-18-7-3-5-13-4-1-2-6-15(13)18/h1-9,12,19H,10-11H2,(H,23,25). The molecule has 3 aromatic rings. The van der Waals surface area contributed by atoms with Crippen LogP contribution in [-0.2, 0) is 0 Å². The average molecular weight is 403 g/mol. The fraction of sp³-hybridized carbons (Fsp3) is 0.150. The summed E-state index contributed by atoms with van der Waals surface area (Å²) in [7, 11) is 0. The van der Waals surface area contributed by atoms with Crippen molar-refractivity contribution < 1.29 is 4.79 Å². The van der Waals surface area contributed by atoms with Gasteiger partial charge in [0.25, 0.3) is 0 Å². The molecule has 4 rings (SSSR count). The largest absolute Gasteiger partial charge is 0.323 e. The van der Waals surface area contributed by atoms with Crippen molar-refractivity contribution in [3.63, 3.8) is 0 Å². The first-order chi connectivity index (χ1) is 12.6. The van der Waals surface area contributed by atoms with Crippen LogP contribution < -0.4 is 5.32 Å². The van der Waals surface area contributed by atoms with Gasteiger partial charge in [0.05, 0.1) is 5.69 Å². The topological polar surface area (TPSA) is 32.3 Å². The molecule has 3 nitrogen and oxygen atoms in total. The zero-order valence-electron chi connectivity index (χ0n) is 13.8. The van der Waals surface area contributed by atoms with E-state index in [1.54, 1.807) is 17.8 Å². The summed E-state index contributed by atoms with van der Waals surface area (Å²) in [6.07, 6.45) is 0. The molecule has 132 valence electrons. The van der Waals surface area contributed by atoms with Gasteiger partial charge in [0, 0.05) is 33.3 Å². The number of benzene rings is 3. The van der Waals surface area contributed by atoms with Crippen molar-refractivity contribution in [2.75, 3.05) is 17.6 Å². The Morgan fingerprint density at radius 1 is 1.08 bits per heavy atom. The Bertz CT molecular complexity index is 974. The number of fused-ring (bicyclic) bond motifs is 1. The summed E-state index contributed by atoms with van der Waals surface area (Å²) in [5.74, 6) is 0.868. The molecule has 0 bridgehead atoms. The van der Waals surface area contributed by atoms with Crippen LogP contribution in [0.4, 0.5) is 10.5 Å². The van der Waals surface area contributed by atoms with Crippen LogP contribution in [0.15, 0.2) is 60.7 Å². The normalized spacial score (nSPS) is 16.8. The van der Waals surface area contributed by atoms with Crippen molar-refractivity contribution in [1.29, 1.82) is 0 Å². The molecule has 1 N–H and O–H groups in total. The van der Waals surface area contributed by atoms with E-state index in [0.717, 1.165) is 27.8 Å². The second-order valence-corrected chi connectivity index (χ2v) is 8.07. The predicted molar refractivity (Wildman–Crippen MR) is 111 cm³/mol. The van der Waals surface area contributed by atoms with E-state index in [1.165, 1.54) is 0 Å². The van der Waals surface area contributed by atoms with E-state index in [1.807, 2.05) is 59.5 Å². The van der Waals surface area contributed by atoms with Crippen molar-refractivity contribution in [2.24, 2.45) is 0 Å². The van der Waals surface area contributed by atoms with Crippen molar-refractivity contribution >= 4 is 57.5 Å². The molecule has 0 spiro atoms. The van der Waals surface area contributed by atoms with Gasteiger partial charge < -0.3 is 10.2 Å². The van der Waals surface area contributed by atoms with Gasteiger partial charge >= 0.3 is 6.03 Å². The van der Waals surface area contributed by atoms with Crippen molar-refractivity contribution in [1.82, 2.24) is 4.90 Å². The maximum absolute atomic E-state index is 13.0. The van der Waals surface area contributed by atoms with Crippen LogP contribution in [-0.4, -0.2) is 23.2 Å². The number of thioether (sulfide) groups is 1. The van der Waals surface area contributed by atoms with Crippen LogP contribution in [0.1, 0.15) is 10.9 Å². The first-order valence-electron chi connectivity index (χ1n) is 8.25. The molecule has 0 radical (unpaired) electrons. The number of carbonyl (C=O) groups excluding carboxylic acids is 1. The molecule has 1 atom stereocenters. The molecular formula is C20H16Cl2N2OS. The fourth-order valence-electron chi connectivity index (χ4n) is 3.16. The Labute approximate surface area is 166 Å². The third kappa shape index (κ3) is 3.37. The van der Waals surface area contributed by atoms with Crippen LogP contribution in [0.3, 0.4) is 0 Å². The number of halogens is 2. The molecule has 1 fully saturated rings. The summed E-state index contributed by atoms with van der Waals surface area (Å²) in [6, 6.07) is 19.2. The monoisotopic (exact) mass is 402 g/mol. The minimum absolute atomic E-state index is 0.116. The number of nitrogens with one attached hydrogen (secondary N) is 1. The molecule has 1 heterocycles.